The van der Waals surface area contributed by atoms with Gasteiger partial charge in [-0.05, 0) is 6.42 Å². The van der Waals surface area contributed by atoms with Crippen LogP contribution in [0.4, 0.5) is 18.9 Å². The molecule has 0 saturated heterocycles. The molecule has 2 atom stereocenters. The zero-order valence-electron chi connectivity index (χ0n) is 9.04. The average molecular weight is 283 g/mol. The molecule has 1 aliphatic carbocycles. The van der Waals surface area contributed by atoms with Crippen molar-refractivity contribution in [2.45, 2.75) is 31.2 Å². The third-order valence-electron chi connectivity index (χ3n) is 2.49. The maximum Gasteiger partial charge on any atom is 0.408 e. The van der Waals surface area contributed by atoms with E-state index in [1.165, 1.54) is 0 Å². The molecule has 1 aromatic heterocycles. The first-order chi connectivity index (χ1) is 8.28. The SMILES string of the molecule is NC1CC1Nc1cnn(CC(F)(F)F)c(=O)c1Cl. The number of halogens is 4. The molecule has 0 bridgehead atoms. The fourth-order valence-electron chi connectivity index (χ4n) is 1.43. The quantitative estimate of drug-likeness (QED) is 0.866. The number of anilines is 1. The van der Waals surface area contributed by atoms with Crippen LogP contribution in [-0.2, 0) is 6.54 Å². The summed E-state index contributed by atoms with van der Waals surface area (Å²) in [5.41, 5.74) is 4.79. The molecule has 1 heterocycles. The van der Waals surface area contributed by atoms with Crippen molar-refractivity contribution in [2.24, 2.45) is 5.73 Å². The van der Waals surface area contributed by atoms with Crippen LogP contribution in [0.3, 0.4) is 0 Å². The van der Waals surface area contributed by atoms with Crippen molar-refractivity contribution in [1.29, 1.82) is 0 Å². The van der Waals surface area contributed by atoms with E-state index in [4.69, 9.17) is 17.3 Å². The van der Waals surface area contributed by atoms with E-state index in [0.717, 1.165) is 12.6 Å². The van der Waals surface area contributed by atoms with Gasteiger partial charge >= 0.3 is 6.18 Å². The van der Waals surface area contributed by atoms with Crippen LogP contribution < -0.4 is 16.6 Å². The van der Waals surface area contributed by atoms with Crippen LogP contribution in [0.25, 0.3) is 0 Å². The topological polar surface area (TPSA) is 72.9 Å². The first-order valence-corrected chi connectivity index (χ1v) is 5.50. The normalized spacial score (nSPS) is 22.9. The van der Waals surface area contributed by atoms with Gasteiger partial charge in [-0.1, -0.05) is 11.6 Å². The van der Waals surface area contributed by atoms with Crippen LogP contribution in [0.1, 0.15) is 6.42 Å². The zero-order valence-corrected chi connectivity index (χ0v) is 9.79. The Balaban J connectivity index is 2.21. The molecule has 0 amide bonds. The Kier molecular flexibility index (Phi) is 3.24. The number of aromatic nitrogens is 2. The molecule has 1 fully saturated rings. The summed E-state index contributed by atoms with van der Waals surface area (Å²) in [6.07, 6.45) is -2.70. The molecule has 5 nitrogen and oxygen atoms in total. The molecule has 1 saturated carbocycles. The average Bonchev–Trinajstić information content (AvgIpc) is 2.92. The summed E-state index contributed by atoms with van der Waals surface area (Å²) >= 11 is 5.70. The molecule has 0 aliphatic heterocycles. The van der Waals surface area contributed by atoms with Gasteiger partial charge in [0.1, 0.15) is 11.6 Å². The number of nitrogens with one attached hydrogen (secondary N) is 1. The predicted molar refractivity (Wildman–Crippen MR) is 59.6 cm³/mol. The number of nitrogens with two attached hydrogens (primary N) is 1. The molecular weight excluding hydrogens is 273 g/mol. The summed E-state index contributed by atoms with van der Waals surface area (Å²) in [7, 11) is 0. The van der Waals surface area contributed by atoms with Crippen molar-refractivity contribution in [3.8, 4) is 0 Å². The predicted octanol–water partition coefficient (Wildman–Crippen LogP) is 0.970. The molecule has 0 radical (unpaired) electrons. The van der Waals surface area contributed by atoms with E-state index >= 15 is 0 Å². The molecule has 1 aliphatic rings. The zero-order chi connectivity index (χ0) is 13.5. The van der Waals surface area contributed by atoms with Gasteiger partial charge in [0.15, 0.2) is 0 Å². The van der Waals surface area contributed by atoms with Gasteiger partial charge in [0.2, 0.25) is 0 Å². The second kappa shape index (κ2) is 4.43. The first-order valence-electron chi connectivity index (χ1n) is 5.12. The van der Waals surface area contributed by atoms with Crippen LogP contribution >= 0.6 is 11.6 Å². The Hall–Kier alpha value is -1.28. The fourth-order valence-corrected chi connectivity index (χ4v) is 1.63. The molecule has 0 spiro atoms. The van der Waals surface area contributed by atoms with E-state index in [0.29, 0.717) is 0 Å². The van der Waals surface area contributed by atoms with Gasteiger partial charge in [0.05, 0.1) is 11.9 Å². The van der Waals surface area contributed by atoms with Gasteiger partial charge in [0, 0.05) is 12.1 Å². The van der Waals surface area contributed by atoms with E-state index in [-0.39, 0.29) is 27.5 Å². The molecule has 1 aromatic rings. The standard InChI is InChI=1S/C9H10ClF3N4O/c10-7-6(16-5-1-4(5)14)2-15-17(8(7)18)3-9(11,12)13/h2,4-5,16H,1,3,14H2. The van der Waals surface area contributed by atoms with Crippen LogP contribution in [0.2, 0.25) is 5.02 Å². The molecule has 2 rings (SSSR count). The summed E-state index contributed by atoms with van der Waals surface area (Å²) in [6, 6.07) is -0.0409. The van der Waals surface area contributed by atoms with E-state index in [2.05, 4.69) is 10.4 Å². The minimum absolute atomic E-state index is 0.0119. The Bertz CT molecular complexity index is 516. The summed E-state index contributed by atoms with van der Waals surface area (Å²) in [5, 5.41) is 5.97. The monoisotopic (exact) mass is 282 g/mol. The van der Waals surface area contributed by atoms with Crippen molar-refractivity contribution in [1.82, 2.24) is 9.78 Å². The van der Waals surface area contributed by atoms with Gasteiger partial charge in [-0.2, -0.15) is 18.3 Å². The summed E-state index contributed by atoms with van der Waals surface area (Å²) in [5.74, 6) is 0. The molecule has 2 unspecified atom stereocenters. The highest BCUT2D eigenvalue weighted by molar-refractivity contribution is 6.32. The van der Waals surface area contributed by atoms with E-state index < -0.39 is 18.3 Å². The Morgan fingerprint density at radius 1 is 1.61 bits per heavy atom. The van der Waals surface area contributed by atoms with Crippen LogP contribution in [-0.4, -0.2) is 28.0 Å². The molecule has 0 aromatic carbocycles. The van der Waals surface area contributed by atoms with Crippen molar-refractivity contribution >= 4 is 17.3 Å². The lowest BCUT2D eigenvalue weighted by molar-refractivity contribution is -0.143. The highest BCUT2D eigenvalue weighted by Crippen LogP contribution is 2.26. The number of alkyl halides is 3. The number of nitrogens with zero attached hydrogens (tertiary/aromatic N) is 2. The second-order valence-electron chi connectivity index (χ2n) is 4.10. The van der Waals surface area contributed by atoms with Crippen molar-refractivity contribution in [2.75, 3.05) is 5.32 Å². The molecule has 100 valence electrons. The first kappa shape index (κ1) is 13.2. The Morgan fingerprint density at radius 2 is 2.22 bits per heavy atom. The van der Waals surface area contributed by atoms with Gasteiger partial charge in [0.25, 0.3) is 5.56 Å². The fraction of sp³-hybridized carbons (Fsp3) is 0.556. The lowest BCUT2D eigenvalue weighted by atomic mass is 10.4. The minimum Gasteiger partial charge on any atom is -0.378 e. The van der Waals surface area contributed by atoms with E-state index in [1.807, 2.05) is 0 Å². The lowest BCUT2D eigenvalue weighted by Gasteiger charge is -2.11. The molecule has 9 heteroatoms. The second-order valence-corrected chi connectivity index (χ2v) is 4.48. The van der Waals surface area contributed by atoms with Crippen LogP contribution in [0.5, 0.6) is 0 Å². The third kappa shape index (κ3) is 2.94. The van der Waals surface area contributed by atoms with Gasteiger partial charge in [-0.25, -0.2) is 4.68 Å². The van der Waals surface area contributed by atoms with Crippen LogP contribution in [0, 0.1) is 0 Å². The van der Waals surface area contributed by atoms with Gasteiger partial charge < -0.3 is 11.1 Å². The summed E-state index contributed by atoms with van der Waals surface area (Å²) < 4.78 is 36.7. The largest absolute Gasteiger partial charge is 0.408 e. The number of hydrogen-bond donors (Lipinski definition) is 2. The Morgan fingerprint density at radius 3 is 2.72 bits per heavy atom. The highest BCUT2D eigenvalue weighted by atomic mass is 35.5. The lowest BCUT2D eigenvalue weighted by Crippen LogP contribution is -2.31. The Labute approximate surface area is 105 Å². The smallest absolute Gasteiger partial charge is 0.378 e. The molecular formula is C9H10ClF3N4O. The van der Waals surface area contributed by atoms with Gasteiger partial charge in [-0.3, -0.25) is 4.79 Å². The highest BCUT2D eigenvalue weighted by Gasteiger charge is 2.34. The van der Waals surface area contributed by atoms with Crippen molar-refractivity contribution < 1.29 is 13.2 Å². The molecule has 18 heavy (non-hydrogen) atoms. The van der Waals surface area contributed by atoms with E-state index in [9.17, 15) is 18.0 Å². The van der Waals surface area contributed by atoms with Gasteiger partial charge in [-0.15, -0.1) is 0 Å². The number of hydrogen-bond acceptors (Lipinski definition) is 4. The van der Waals surface area contributed by atoms with Crippen LogP contribution in [0.15, 0.2) is 11.0 Å². The summed E-state index contributed by atoms with van der Waals surface area (Å²) in [6.45, 7) is -1.46. The maximum atomic E-state index is 12.2. The summed E-state index contributed by atoms with van der Waals surface area (Å²) in [4.78, 5) is 11.5. The maximum absolute atomic E-state index is 12.2. The van der Waals surface area contributed by atoms with E-state index in [1.54, 1.807) is 0 Å². The third-order valence-corrected chi connectivity index (χ3v) is 2.86. The minimum atomic E-state index is -4.52. The molecule has 3 N–H and O–H groups in total. The van der Waals surface area contributed by atoms with Crippen molar-refractivity contribution in [3.63, 3.8) is 0 Å². The number of rotatable bonds is 3. The van der Waals surface area contributed by atoms with Crippen molar-refractivity contribution in [3.05, 3.63) is 21.6 Å².